The van der Waals surface area contributed by atoms with Crippen LogP contribution in [0.25, 0.3) is 0 Å². The Bertz CT molecular complexity index is 1190. The van der Waals surface area contributed by atoms with Gasteiger partial charge in [-0.05, 0) is 36.8 Å². The number of nitrogens with zero attached hydrogens (tertiary/aromatic N) is 3. The lowest BCUT2D eigenvalue weighted by Crippen LogP contribution is -2.32. The fourth-order valence-electron chi connectivity index (χ4n) is 3.74. The number of hydrogen-bond acceptors (Lipinski definition) is 4. The third-order valence-electron chi connectivity index (χ3n) is 5.55. The van der Waals surface area contributed by atoms with Crippen LogP contribution < -0.4 is 5.32 Å². The Labute approximate surface area is 178 Å². The molecule has 31 heavy (non-hydrogen) atoms. The lowest BCUT2D eigenvalue weighted by atomic mass is 9.94. The summed E-state index contributed by atoms with van der Waals surface area (Å²) in [5.74, 6) is -2.16. The SMILES string of the molecule is Cc1nc(S(=O)(=O)N2CC(Nc3ccc(F)c(F)c3)C(c3ccc(F)cc3)C2)cn1C. The predicted molar refractivity (Wildman–Crippen MR) is 110 cm³/mol. The van der Waals surface area contributed by atoms with Gasteiger partial charge in [-0.1, -0.05) is 12.1 Å². The lowest BCUT2D eigenvalue weighted by Gasteiger charge is -2.21. The molecule has 6 nitrogen and oxygen atoms in total. The van der Waals surface area contributed by atoms with Gasteiger partial charge in [0, 0.05) is 50.0 Å². The van der Waals surface area contributed by atoms with E-state index in [-0.39, 0.29) is 24.0 Å². The van der Waals surface area contributed by atoms with E-state index in [4.69, 9.17) is 0 Å². The third kappa shape index (κ3) is 4.17. The maximum atomic E-state index is 13.7. The van der Waals surface area contributed by atoms with Crippen LogP contribution in [0, 0.1) is 24.4 Å². The molecule has 0 spiro atoms. The Morgan fingerprint density at radius 3 is 2.35 bits per heavy atom. The molecule has 0 bridgehead atoms. The van der Waals surface area contributed by atoms with Crippen LogP contribution >= 0.6 is 0 Å². The molecule has 0 aliphatic carbocycles. The Morgan fingerprint density at radius 1 is 1.03 bits per heavy atom. The number of hydrogen-bond donors (Lipinski definition) is 1. The molecule has 4 rings (SSSR count). The van der Waals surface area contributed by atoms with Crippen molar-refractivity contribution in [2.24, 2.45) is 7.05 Å². The molecule has 164 valence electrons. The van der Waals surface area contributed by atoms with E-state index in [1.807, 2.05) is 0 Å². The van der Waals surface area contributed by atoms with Crippen molar-refractivity contribution < 1.29 is 21.6 Å². The molecule has 1 N–H and O–H groups in total. The minimum absolute atomic E-state index is 0.0566. The van der Waals surface area contributed by atoms with Gasteiger partial charge in [-0.2, -0.15) is 4.31 Å². The Morgan fingerprint density at radius 2 is 1.74 bits per heavy atom. The molecule has 0 radical (unpaired) electrons. The first-order valence-electron chi connectivity index (χ1n) is 9.62. The molecule has 2 aromatic carbocycles. The van der Waals surface area contributed by atoms with Crippen molar-refractivity contribution in [3.8, 4) is 0 Å². The first-order valence-corrected chi connectivity index (χ1v) is 11.1. The number of rotatable bonds is 5. The minimum Gasteiger partial charge on any atom is -0.380 e. The van der Waals surface area contributed by atoms with Crippen LogP contribution in [0.3, 0.4) is 0 Å². The molecule has 1 aliphatic rings. The Balaban J connectivity index is 1.67. The average Bonchev–Trinajstić information content (AvgIpc) is 3.30. The first kappa shape index (κ1) is 21.4. The van der Waals surface area contributed by atoms with E-state index >= 15 is 0 Å². The fourth-order valence-corrected chi connectivity index (χ4v) is 5.26. The van der Waals surface area contributed by atoms with E-state index < -0.39 is 33.5 Å². The number of imidazole rings is 1. The average molecular weight is 450 g/mol. The van der Waals surface area contributed by atoms with Crippen LogP contribution in [0.5, 0.6) is 0 Å². The standard InChI is InChI=1S/C21H21F3N4O2S/c1-13-25-21(12-27(13)2)31(29,30)28-10-17(14-3-5-15(22)6-4-14)20(11-28)26-16-7-8-18(23)19(24)9-16/h3-9,12,17,20,26H,10-11H2,1-2H3. The molecule has 3 aromatic rings. The van der Waals surface area contributed by atoms with E-state index in [2.05, 4.69) is 10.3 Å². The van der Waals surface area contributed by atoms with Crippen molar-refractivity contribution in [2.75, 3.05) is 18.4 Å². The van der Waals surface area contributed by atoms with Crippen molar-refractivity contribution in [2.45, 2.75) is 23.9 Å². The molecule has 2 heterocycles. The van der Waals surface area contributed by atoms with Gasteiger partial charge in [-0.3, -0.25) is 0 Å². The van der Waals surface area contributed by atoms with Crippen molar-refractivity contribution in [3.05, 3.63) is 77.5 Å². The van der Waals surface area contributed by atoms with Gasteiger partial charge in [0.25, 0.3) is 10.0 Å². The van der Waals surface area contributed by atoms with Crippen molar-refractivity contribution in [3.63, 3.8) is 0 Å². The Hall–Kier alpha value is -2.85. The number of nitrogens with one attached hydrogen (secondary N) is 1. The number of anilines is 1. The second-order valence-electron chi connectivity index (χ2n) is 7.60. The fraction of sp³-hybridized carbons (Fsp3) is 0.286. The van der Waals surface area contributed by atoms with Crippen LogP contribution in [-0.4, -0.2) is 41.4 Å². The maximum absolute atomic E-state index is 13.7. The van der Waals surface area contributed by atoms with Crippen molar-refractivity contribution in [1.82, 2.24) is 13.9 Å². The summed E-state index contributed by atoms with van der Waals surface area (Å²) in [6.07, 6.45) is 1.45. The largest absolute Gasteiger partial charge is 0.380 e. The molecule has 10 heteroatoms. The molecule has 2 unspecified atom stereocenters. The Kier molecular flexibility index (Phi) is 5.52. The van der Waals surface area contributed by atoms with Gasteiger partial charge in [0.15, 0.2) is 16.7 Å². The summed E-state index contributed by atoms with van der Waals surface area (Å²) >= 11 is 0. The van der Waals surface area contributed by atoms with Crippen molar-refractivity contribution in [1.29, 1.82) is 0 Å². The minimum atomic E-state index is -3.88. The summed E-state index contributed by atoms with van der Waals surface area (Å²) in [6, 6.07) is 8.78. The zero-order valence-electron chi connectivity index (χ0n) is 16.9. The van der Waals surface area contributed by atoms with Gasteiger partial charge in [0.05, 0.1) is 0 Å². The lowest BCUT2D eigenvalue weighted by molar-refractivity contribution is 0.468. The van der Waals surface area contributed by atoms with Crippen LogP contribution in [0.2, 0.25) is 0 Å². The number of benzene rings is 2. The quantitative estimate of drug-likeness (QED) is 0.647. The zero-order chi connectivity index (χ0) is 22.3. The van der Waals surface area contributed by atoms with E-state index in [9.17, 15) is 21.6 Å². The van der Waals surface area contributed by atoms with Crippen LogP contribution in [0.1, 0.15) is 17.3 Å². The third-order valence-corrected chi connectivity index (χ3v) is 7.25. The monoisotopic (exact) mass is 450 g/mol. The maximum Gasteiger partial charge on any atom is 0.262 e. The summed E-state index contributed by atoms with van der Waals surface area (Å²) in [7, 11) is -2.17. The van der Waals surface area contributed by atoms with E-state index in [1.54, 1.807) is 30.7 Å². The highest BCUT2D eigenvalue weighted by atomic mass is 32.2. The molecule has 2 atom stereocenters. The first-order chi connectivity index (χ1) is 14.6. The van der Waals surface area contributed by atoms with Gasteiger partial charge >= 0.3 is 0 Å². The van der Waals surface area contributed by atoms with Gasteiger partial charge in [0.1, 0.15) is 11.6 Å². The van der Waals surface area contributed by atoms with E-state index in [0.29, 0.717) is 11.5 Å². The van der Waals surface area contributed by atoms with Gasteiger partial charge in [0.2, 0.25) is 0 Å². The van der Waals surface area contributed by atoms with Gasteiger partial charge in [-0.25, -0.2) is 26.6 Å². The van der Waals surface area contributed by atoms with E-state index in [0.717, 1.165) is 17.7 Å². The molecule has 1 fully saturated rings. The van der Waals surface area contributed by atoms with Crippen molar-refractivity contribution >= 4 is 15.7 Å². The number of aromatic nitrogens is 2. The molecular formula is C21H21F3N4O2S. The second-order valence-corrected chi connectivity index (χ2v) is 9.48. The number of aryl methyl sites for hydroxylation is 2. The van der Waals surface area contributed by atoms with Gasteiger partial charge in [-0.15, -0.1) is 0 Å². The number of sulfonamides is 1. The van der Waals surface area contributed by atoms with Crippen LogP contribution in [-0.2, 0) is 17.1 Å². The molecule has 1 saturated heterocycles. The summed E-state index contributed by atoms with van der Waals surface area (Å²) in [6.45, 7) is 1.92. The molecule has 1 aromatic heterocycles. The highest BCUT2D eigenvalue weighted by molar-refractivity contribution is 7.89. The highest BCUT2D eigenvalue weighted by Crippen LogP contribution is 2.33. The zero-order valence-corrected chi connectivity index (χ0v) is 17.7. The summed E-state index contributed by atoms with van der Waals surface area (Å²) in [5.41, 5.74) is 1.06. The number of halogens is 3. The molecule has 0 amide bonds. The highest BCUT2D eigenvalue weighted by Gasteiger charge is 2.41. The smallest absolute Gasteiger partial charge is 0.262 e. The molecular weight excluding hydrogens is 429 g/mol. The molecule has 1 aliphatic heterocycles. The molecule has 0 saturated carbocycles. The van der Waals surface area contributed by atoms with Crippen LogP contribution in [0.15, 0.2) is 53.7 Å². The van der Waals surface area contributed by atoms with E-state index in [1.165, 1.54) is 28.7 Å². The van der Waals surface area contributed by atoms with Gasteiger partial charge < -0.3 is 9.88 Å². The summed E-state index contributed by atoms with van der Waals surface area (Å²) in [5, 5.41) is 3.05. The second kappa shape index (κ2) is 8.01. The normalized spacial score (nSPS) is 19.6. The van der Waals surface area contributed by atoms with Crippen LogP contribution in [0.4, 0.5) is 18.9 Å². The summed E-state index contributed by atoms with van der Waals surface area (Å²) in [4.78, 5) is 4.14. The predicted octanol–water partition coefficient (Wildman–Crippen LogP) is 3.41. The topological polar surface area (TPSA) is 67.2 Å². The summed E-state index contributed by atoms with van der Waals surface area (Å²) < 4.78 is 69.7.